The normalized spacial score (nSPS) is 25.2. The van der Waals surface area contributed by atoms with Crippen molar-refractivity contribution in [3.8, 4) is 5.75 Å². The molecule has 0 saturated heterocycles. The molecule has 2 N–H and O–H groups in total. The van der Waals surface area contributed by atoms with E-state index < -0.39 is 12.0 Å². The Kier molecular flexibility index (Phi) is 6.43. The number of benzene rings is 1. The Morgan fingerprint density at radius 3 is 2.50 bits per heavy atom. The molecule has 40 heavy (non-hydrogen) atoms. The number of aromatic nitrogens is 3. The molecule has 3 heterocycles. The molecule has 1 aromatic carbocycles. The minimum absolute atomic E-state index is 0.00585. The monoisotopic (exact) mass is 543 g/mol. The van der Waals surface area contributed by atoms with Crippen LogP contribution in [-0.2, 0) is 22.6 Å². The molecule has 3 aliphatic carbocycles. The van der Waals surface area contributed by atoms with Gasteiger partial charge in [-0.15, -0.1) is 0 Å². The number of rotatable bonds is 7. The maximum absolute atomic E-state index is 13.4. The van der Waals surface area contributed by atoms with Crippen molar-refractivity contribution in [2.45, 2.75) is 71.4 Å². The number of fused-ring (bicyclic) bond motifs is 5. The van der Waals surface area contributed by atoms with E-state index in [9.17, 15) is 19.2 Å². The molecule has 2 aromatic heterocycles. The van der Waals surface area contributed by atoms with Crippen molar-refractivity contribution in [2.75, 3.05) is 6.54 Å². The van der Waals surface area contributed by atoms with Gasteiger partial charge in [0.05, 0.1) is 6.20 Å². The number of nitrogens with zero attached hydrogens (tertiary/aromatic N) is 3. The summed E-state index contributed by atoms with van der Waals surface area (Å²) < 4.78 is 7.08. The molecule has 4 aliphatic rings. The molecule has 3 aromatic rings. The molecule has 0 spiro atoms. The lowest BCUT2D eigenvalue weighted by molar-refractivity contribution is -0.135. The molecule has 10 heteroatoms. The van der Waals surface area contributed by atoms with Crippen LogP contribution in [0.2, 0.25) is 0 Å². The van der Waals surface area contributed by atoms with Crippen molar-refractivity contribution in [3.05, 3.63) is 59.0 Å². The number of ether oxygens (including phenoxy) is 1. The number of ketones is 2. The van der Waals surface area contributed by atoms with Crippen LogP contribution < -0.4 is 15.4 Å². The molecule has 3 saturated carbocycles. The predicted octanol–water partition coefficient (Wildman–Crippen LogP) is 3.21. The molecule has 1 atom stereocenters. The zero-order chi connectivity index (χ0) is 28.1. The zero-order valence-electron chi connectivity index (χ0n) is 22.8. The Balaban J connectivity index is 1.14. The summed E-state index contributed by atoms with van der Waals surface area (Å²) in [4.78, 5) is 55.1. The third kappa shape index (κ3) is 4.65. The van der Waals surface area contributed by atoms with Crippen LogP contribution in [0.1, 0.15) is 84.5 Å². The summed E-state index contributed by atoms with van der Waals surface area (Å²) in [5, 5.41) is 10.2. The van der Waals surface area contributed by atoms with Crippen molar-refractivity contribution in [1.29, 1.82) is 0 Å². The maximum Gasteiger partial charge on any atom is 0.270 e. The molecular formula is C30H33N5O5. The summed E-state index contributed by atoms with van der Waals surface area (Å²) in [5.41, 5.74) is 2.22. The fourth-order valence-electron chi connectivity index (χ4n) is 6.46. The first-order valence-electron chi connectivity index (χ1n) is 13.9. The molecule has 208 valence electrons. The lowest BCUT2D eigenvalue weighted by Gasteiger charge is -2.52. The molecule has 7 rings (SSSR count). The third-order valence-electron chi connectivity index (χ3n) is 9.30. The highest BCUT2D eigenvalue weighted by molar-refractivity contribution is 5.98. The quantitative estimate of drug-likeness (QED) is 0.468. The maximum atomic E-state index is 13.4. The predicted molar refractivity (Wildman–Crippen MR) is 145 cm³/mol. The number of nitrogens with one attached hydrogen (secondary N) is 2. The Morgan fingerprint density at radius 2 is 1.77 bits per heavy atom. The van der Waals surface area contributed by atoms with Crippen molar-refractivity contribution < 1.29 is 23.9 Å². The summed E-state index contributed by atoms with van der Waals surface area (Å²) >= 11 is 0. The van der Waals surface area contributed by atoms with Crippen LogP contribution in [-0.4, -0.2) is 50.6 Å². The van der Waals surface area contributed by atoms with Crippen molar-refractivity contribution in [3.63, 3.8) is 0 Å². The number of hydrogen-bond acceptors (Lipinski definition) is 7. The zero-order valence-corrected chi connectivity index (χ0v) is 22.8. The standard InChI is InChI=1S/C30H33N5O5/c1-18-24(37)14-21-13-20(3-4-25(21)40-18)16-31-27(38)22-15-23(35-26(34-22)5-12-33-35)28(39)32-17-29-6-9-30(10-7-29,11-8-29)19(2)36/h3-5,12-13,15,18H,6-11,14,16-17H2,1-2H3,(H,31,38)(H,32,39). The van der Waals surface area contributed by atoms with Gasteiger partial charge in [-0.1, -0.05) is 6.07 Å². The van der Waals surface area contributed by atoms with E-state index in [1.807, 2.05) is 18.2 Å². The van der Waals surface area contributed by atoms with Crippen LogP contribution in [0.3, 0.4) is 0 Å². The second-order valence-electron chi connectivity index (χ2n) is 11.7. The average Bonchev–Trinajstić information content (AvgIpc) is 3.44. The van der Waals surface area contributed by atoms with Gasteiger partial charge >= 0.3 is 0 Å². The highest BCUT2D eigenvalue weighted by Crippen LogP contribution is 2.56. The summed E-state index contributed by atoms with van der Waals surface area (Å²) in [6.45, 7) is 4.20. The molecule has 0 radical (unpaired) electrons. The average molecular weight is 544 g/mol. The van der Waals surface area contributed by atoms with Gasteiger partial charge in [0, 0.05) is 42.6 Å². The van der Waals surface area contributed by atoms with Gasteiger partial charge in [-0.05, 0) is 75.5 Å². The Labute approximate surface area is 231 Å². The number of carbonyl (C=O) groups excluding carboxylic acids is 4. The summed E-state index contributed by atoms with van der Waals surface area (Å²) in [7, 11) is 0. The van der Waals surface area contributed by atoms with Crippen molar-refractivity contribution in [1.82, 2.24) is 25.2 Å². The largest absolute Gasteiger partial charge is 0.483 e. The lowest BCUT2D eigenvalue weighted by atomic mass is 9.52. The molecular weight excluding hydrogens is 510 g/mol. The van der Waals surface area contributed by atoms with Gasteiger partial charge in [0.1, 0.15) is 22.9 Å². The van der Waals surface area contributed by atoms with E-state index in [0.717, 1.165) is 49.7 Å². The highest BCUT2D eigenvalue weighted by atomic mass is 16.5. The van der Waals surface area contributed by atoms with E-state index >= 15 is 0 Å². The minimum atomic E-state index is -0.454. The van der Waals surface area contributed by atoms with Crippen molar-refractivity contribution in [2.24, 2.45) is 10.8 Å². The second kappa shape index (κ2) is 9.83. The van der Waals surface area contributed by atoms with E-state index in [1.165, 1.54) is 10.6 Å². The van der Waals surface area contributed by atoms with E-state index in [4.69, 9.17) is 4.74 Å². The topological polar surface area (TPSA) is 132 Å². The Hall–Kier alpha value is -4.08. The number of hydrogen-bond donors (Lipinski definition) is 2. The second-order valence-corrected chi connectivity index (χ2v) is 11.7. The van der Waals surface area contributed by atoms with E-state index in [2.05, 4.69) is 20.7 Å². The molecule has 1 unspecified atom stereocenters. The van der Waals surface area contributed by atoms with Crippen LogP contribution in [0.4, 0.5) is 0 Å². The molecule has 2 bridgehead atoms. The summed E-state index contributed by atoms with van der Waals surface area (Å²) in [5.74, 6) is 0.259. The highest BCUT2D eigenvalue weighted by Gasteiger charge is 2.50. The van der Waals surface area contributed by atoms with Gasteiger partial charge < -0.3 is 15.4 Å². The van der Waals surface area contributed by atoms with Crippen LogP contribution >= 0.6 is 0 Å². The number of amides is 2. The van der Waals surface area contributed by atoms with Crippen LogP contribution in [0, 0.1) is 10.8 Å². The van der Waals surface area contributed by atoms with Gasteiger partial charge in [0.15, 0.2) is 17.5 Å². The van der Waals surface area contributed by atoms with Gasteiger partial charge in [-0.2, -0.15) is 5.10 Å². The van der Waals surface area contributed by atoms with Crippen molar-refractivity contribution >= 4 is 29.0 Å². The Bertz CT molecular complexity index is 1520. The van der Waals surface area contributed by atoms with Gasteiger partial charge in [0.25, 0.3) is 11.8 Å². The Morgan fingerprint density at radius 1 is 1.02 bits per heavy atom. The third-order valence-corrected chi connectivity index (χ3v) is 9.30. The first kappa shape index (κ1) is 26.2. The van der Waals surface area contributed by atoms with Crippen LogP contribution in [0.15, 0.2) is 36.5 Å². The molecule has 10 nitrogen and oxygen atoms in total. The molecule has 1 aliphatic heterocycles. The van der Waals surface area contributed by atoms with Gasteiger partial charge in [-0.25, -0.2) is 9.50 Å². The SMILES string of the molecule is CC(=O)C12CCC(CNC(=O)c3cc(C(=O)NCc4ccc5c(c4)CC(=O)C(C)O5)nc4ccnn34)(CC1)CC2. The van der Waals surface area contributed by atoms with Crippen LogP contribution in [0.5, 0.6) is 5.75 Å². The number of Topliss-reactive ketones (excluding diaryl/α,β-unsaturated/α-hetero) is 2. The fourth-order valence-corrected chi connectivity index (χ4v) is 6.46. The fraction of sp³-hybridized carbons (Fsp3) is 0.467. The number of carbonyl (C=O) groups is 4. The summed E-state index contributed by atoms with van der Waals surface area (Å²) in [6, 6.07) is 8.65. The van der Waals surface area contributed by atoms with E-state index in [-0.39, 0.29) is 40.5 Å². The lowest BCUT2D eigenvalue weighted by Crippen LogP contribution is -2.49. The minimum Gasteiger partial charge on any atom is -0.483 e. The smallest absolute Gasteiger partial charge is 0.270 e. The molecule has 3 fully saturated rings. The first-order valence-corrected chi connectivity index (χ1v) is 13.9. The van der Waals surface area contributed by atoms with E-state index in [1.54, 1.807) is 26.1 Å². The molecule has 2 amide bonds. The van der Waals surface area contributed by atoms with Gasteiger partial charge in [-0.3, -0.25) is 19.2 Å². The van der Waals surface area contributed by atoms with Crippen LogP contribution in [0.25, 0.3) is 5.65 Å². The summed E-state index contributed by atoms with van der Waals surface area (Å²) in [6.07, 6.45) is 6.82. The first-order chi connectivity index (χ1) is 19.2. The van der Waals surface area contributed by atoms with Gasteiger partial charge in [0.2, 0.25) is 0 Å². The van der Waals surface area contributed by atoms with E-state index in [0.29, 0.717) is 30.1 Å².